The van der Waals surface area contributed by atoms with Crippen molar-refractivity contribution in [2.24, 2.45) is 5.92 Å². The molecule has 0 radical (unpaired) electrons. The zero-order valence-corrected chi connectivity index (χ0v) is 17.4. The van der Waals surface area contributed by atoms with Crippen molar-refractivity contribution in [1.29, 1.82) is 0 Å². The summed E-state index contributed by atoms with van der Waals surface area (Å²) >= 11 is 0. The zero-order valence-electron chi connectivity index (χ0n) is 17.4. The second-order valence-corrected chi connectivity index (χ2v) is 9.71. The first-order valence-corrected chi connectivity index (χ1v) is 10.5. The Bertz CT molecular complexity index is 703. The van der Waals surface area contributed by atoms with Crippen LogP contribution < -0.4 is 0 Å². The largest absolute Gasteiger partial charge is 0.459 e. The summed E-state index contributed by atoms with van der Waals surface area (Å²) in [6.07, 6.45) is 4.89. The molecule has 0 aromatic heterocycles. The van der Waals surface area contributed by atoms with Gasteiger partial charge in [0.2, 0.25) is 0 Å². The van der Waals surface area contributed by atoms with Gasteiger partial charge >= 0.3 is 11.9 Å². The molecule has 7 atom stereocenters. The Hall–Kier alpha value is -1.40. The highest BCUT2D eigenvalue weighted by Crippen LogP contribution is 2.50. The second kappa shape index (κ2) is 6.56. The van der Waals surface area contributed by atoms with Crippen LogP contribution in [0.25, 0.3) is 0 Å². The van der Waals surface area contributed by atoms with E-state index in [-0.39, 0.29) is 41.8 Å². The lowest BCUT2D eigenvalue weighted by Gasteiger charge is -2.38. The van der Waals surface area contributed by atoms with Crippen LogP contribution in [0, 0.1) is 5.92 Å². The van der Waals surface area contributed by atoms with Crippen LogP contribution in [0.5, 0.6) is 0 Å². The van der Waals surface area contributed by atoms with Crippen LogP contribution in [-0.2, 0) is 28.5 Å². The summed E-state index contributed by atoms with van der Waals surface area (Å²) in [7, 11) is 0. The maximum absolute atomic E-state index is 12.7. The van der Waals surface area contributed by atoms with Crippen molar-refractivity contribution in [3.8, 4) is 0 Å². The Morgan fingerprint density at radius 3 is 2.36 bits per heavy atom. The highest BCUT2D eigenvalue weighted by atomic mass is 16.6. The predicted molar refractivity (Wildman–Crippen MR) is 102 cm³/mol. The molecule has 4 aliphatic heterocycles. The maximum Gasteiger partial charge on any atom is 0.334 e. The van der Waals surface area contributed by atoms with Crippen molar-refractivity contribution in [1.82, 2.24) is 0 Å². The summed E-state index contributed by atoms with van der Waals surface area (Å²) in [6.45, 7) is 11.6. The van der Waals surface area contributed by atoms with E-state index >= 15 is 0 Å². The van der Waals surface area contributed by atoms with E-state index in [1.807, 2.05) is 13.8 Å². The van der Waals surface area contributed by atoms with E-state index in [0.29, 0.717) is 12.0 Å². The Labute approximate surface area is 166 Å². The number of fused-ring (bicyclic) bond motifs is 7. The van der Waals surface area contributed by atoms with Crippen LogP contribution in [-0.4, -0.2) is 47.1 Å². The fraction of sp³-hybridized carbons (Fsp3) is 0.818. The second-order valence-electron chi connectivity index (χ2n) is 9.71. The van der Waals surface area contributed by atoms with E-state index in [2.05, 4.69) is 13.5 Å². The van der Waals surface area contributed by atoms with E-state index in [1.54, 1.807) is 0 Å². The highest BCUT2D eigenvalue weighted by Gasteiger charge is 2.57. The molecule has 6 heteroatoms. The zero-order chi connectivity index (χ0) is 20.3. The van der Waals surface area contributed by atoms with Gasteiger partial charge in [-0.25, -0.2) is 4.79 Å². The van der Waals surface area contributed by atoms with Crippen molar-refractivity contribution < 1.29 is 28.5 Å². The van der Waals surface area contributed by atoms with Gasteiger partial charge in [-0.15, -0.1) is 0 Å². The van der Waals surface area contributed by atoms with Crippen molar-refractivity contribution >= 4 is 11.9 Å². The van der Waals surface area contributed by atoms with Crippen molar-refractivity contribution in [2.75, 3.05) is 0 Å². The Balaban J connectivity index is 1.67. The van der Waals surface area contributed by atoms with Gasteiger partial charge < -0.3 is 18.9 Å². The third-order valence-electron chi connectivity index (χ3n) is 7.49. The van der Waals surface area contributed by atoms with Gasteiger partial charge in [-0.05, 0) is 71.6 Å². The molecule has 0 aliphatic carbocycles. The van der Waals surface area contributed by atoms with E-state index in [0.717, 1.165) is 38.5 Å². The van der Waals surface area contributed by atoms with E-state index < -0.39 is 11.2 Å². The van der Waals surface area contributed by atoms with E-state index in [4.69, 9.17) is 18.9 Å². The molecular weight excluding hydrogens is 360 g/mol. The first kappa shape index (κ1) is 19.9. The molecule has 0 saturated carbocycles. The third kappa shape index (κ3) is 3.39. The van der Waals surface area contributed by atoms with E-state index in [9.17, 15) is 9.59 Å². The molecule has 0 aromatic rings. The first-order valence-electron chi connectivity index (χ1n) is 10.5. The monoisotopic (exact) mass is 392 g/mol. The number of carbonyl (C=O) groups is 2. The van der Waals surface area contributed by atoms with Crippen LogP contribution in [0.15, 0.2) is 12.2 Å². The minimum absolute atomic E-state index is 0.0685. The summed E-state index contributed by atoms with van der Waals surface area (Å²) in [5.41, 5.74) is -0.990. The number of esters is 2. The standard InChI is InChI=1S/C22H32O6/c1-13-15-6-9-21(4,28-19(13)24)17-8-11-20(3,26-17)16(25-14(2)23)7-10-22(5)18(12-15)27-22/h15-18H,1,6-12H2,2-5H3/t15-,16+,17+,18+,20?,21-,22+/m1/s1. The summed E-state index contributed by atoms with van der Waals surface area (Å²) < 4.78 is 24.2. The topological polar surface area (TPSA) is 74.4 Å². The SMILES string of the molecule is C=C1C(=O)O[C@]2(C)CC[C@@H]1C[C@@H]1O[C@@]1(C)CC[C@H](OC(C)=O)C1(C)CC[C@@H]2O1. The van der Waals surface area contributed by atoms with Crippen molar-refractivity contribution in [2.45, 2.75) is 108 Å². The fourth-order valence-electron chi connectivity index (χ4n) is 5.32. The van der Waals surface area contributed by atoms with Crippen LogP contribution in [0.2, 0.25) is 0 Å². The smallest absolute Gasteiger partial charge is 0.334 e. The molecule has 156 valence electrons. The molecule has 0 amide bonds. The van der Waals surface area contributed by atoms with Crippen molar-refractivity contribution in [3.63, 3.8) is 0 Å². The number of hydrogen-bond acceptors (Lipinski definition) is 6. The third-order valence-corrected chi connectivity index (χ3v) is 7.49. The van der Waals surface area contributed by atoms with Gasteiger partial charge in [0.05, 0.1) is 17.8 Å². The van der Waals surface area contributed by atoms with Gasteiger partial charge in [-0.3, -0.25) is 4.79 Å². The summed E-state index contributed by atoms with van der Waals surface area (Å²) in [6, 6.07) is 0. The molecule has 4 bridgehead atoms. The van der Waals surface area contributed by atoms with Crippen LogP contribution in [0.3, 0.4) is 0 Å². The Morgan fingerprint density at radius 1 is 1.00 bits per heavy atom. The molecule has 0 N–H and O–H groups in total. The highest BCUT2D eigenvalue weighted by molar-refractivity contribution is 5.89. The van der Waals surface area contributed by atoms with Crippen LogP contribution in [0.4, 0.5) is 0 Å². The molecule has 1 unspecified atom stereocenters. The van der Waals surface area contributed by atoms with Crippen LogP contribution >= 0.6 is 0 Å². The lowest BCUT2D eigenvalue weighted by atomic mass is 9.82. The number of ether oxygens (including phenoxy) is 4. The number of rotatable bonds is 1. The maximum atomic E-state index is 12.7. The summed E-state index contributed by atoms with van der Waals surface area (Å²) in [5, 5.41) is 0. The van der Waals surface area contributed by atoms with Gasteiger partial charge in [-0.1, -0.05) is 6.58 Å². The van der Waals surface area contributed by atoms with Crippen LogP contribution in [0.1, 0.15) is 72.6 Å². The van der Waals surface area contributed by atoms with E-state index in [1.165, 1.54) is 6.92 Å². The molecule has 4 rings (SSSR count). The molecule has 4 saturated heterocycles. The first-order chi connectivity index (χ1) is 13.0. The normalized spacial score (nSPS) is 48.4. The minimum Gasteiger partial charge on any atom is -0.459 e. The molecule has 6 nitrogen and oxygen atoms in total. The predicted octanol–water partition coefficient (Wildman–Crippen LogP) is 3.47. The fourth-order valence-corrected chi connectivity index (χ4v) is 5.32. The molecule has 0 aromatic carbocycles. The lowest BCUT2D eigenvalue weighted by Crippen LogP contribution is -2.48. The molecule has 4 fully saturated rings. The molecule has 4 aliphatic rings. The van der Waals surface area contributed by atoms with Gasteiger partial charge in [0.1, 0.15) is 17.3 Å². The molecule has 0 spiro atoms. The molecule has 28 heavy (non-hydrogen) atoms. The average Bonchev–Trinajstić information content (AvgIpc) is 3.09. The van der Waals surface area contributed by atoms with Gasteiger partial charge in [0, 0.05) is 12.5 Å². The average molecular weight is 392 g/mol. The molecular formula is C22H32O6. The van der Waals surface area contributed by atoms with Crippen molar-refractivity contribution in [3.05, 3.63) is 12.2 Å². The lowest BCUT2D eigenvalue weighted by molar-refractivity contribution is -0.195. The number of hydrogen-bond donors (Lipinski definition) is 0. The van der Waals surface area contributed by atoms with Gasteiger partial charge in [0.15, 0.2) is 0 Å². The van der Waals surface area contributed by atoms with Gasteiger partial charge in [-0.2, -0.15) is 0 Å². The number of carbonyl (C=O) groups excluding carboxylic acids is 2. The Morgan fingerprint density at radius 2 is 1.64 bits per heavy atom. The summed E-state index contributed by atoms with van der Waals surface area (Å²) in [4.78, 5) is 24.5. The molecule has 4 heterocycles. The Kier molecular flexibility index (Phi) is 4.66. The van der Waals surface area contributed by atoms with Gasteiger partial charge in [0.25, 0.3) is 0 Å². The summed E-state index contributed by atoms with van der Waals surface area (Å²) in [5.74, 6) is -0.551. The quantitative estimate of drug-likeness (QED) is 0.386. The minimum atomic E-state index is -0.699. The number of epoxide rings is 1.